The summed E-state index contributed by atoms with van der Waals surface area (Å²) < 4.78 is 45.5. The first-order chi connectivity index (χ1) is 19.2. The van der Waals surface area contributed by atoms with Crippen molar-refractivity contribution in [1.82, 2.24) is 19.2 Å². The molecular weight excluding hydrogens is 533 g/mol. The lowest BCUT2D eigenvalue weighted by atomic mass is 10.1. The molecule has 1 N–H and O–H groups in total. The van der Waals surface area contributed by atoms with Gasteiger partial charge in [-0.2, -0.15) is 4.31 Å². The Kier molecular flexibility index (Phi) is 8.53. The summed E-state index contributed by atoms with van der Waals surface area (Å²) in [4.78, 5) is 20.2. The highest BCUT2D eigenvalue weighted by atomic mass is 32.2. The second kappa shape index (κ2) is 12.1. The molecule has 3 aromatic rings. The van der Waals surface area contributed by atoms with Crippen LogP contribution in [0.2, 0.25) is 0 Å². The van der Waals surface area contributed by atoms with Gasteiger partial charge in [0.05, 0.1) is 25.6 Å². The van der Waals surface area contributed by atoms with E-state index in [1.54, 1.807) is 11.7 Å². The van der Waals surface area contributed by atoms with Crippen molar-refractivity contribution < 1.29 is 17.5 Å². The van der Waals surface area contributed by atoms with Crippen molar-refractivity contribution in [2.24, 2.45) is 0 Å². The third-order valence-electron chi connectivity index (χ3n) is 7.63. The number of ether oxygens (including phenoxy) is 1. The summed E-state index contributed by atoms with van der Waals surface area (Å²) in [5.74, 6) is 1.32. The third-order valence-corrected chi connectivity index (χ3v) is 8.93. The molecule has 1 aliphatic heterocycles. The quantitative estimate of drug-likeness (QED) is 0.355. The normalized spacial score (nSPS) is 19.5. The molecule has 214 valence electrons. The number of benzene rings is 2. The zero-order valence-electron chi connectivity index (χ0n) is 22.9. The number of hydrogen-bond donors (Lipinski definition) is 1. The summed E-state index contributed by atoms with van der Waals surface area (Å²) in [5.41, 5.74) is 2.76. The van der Waals surface area contributed by atoms with Crippen LogP contribution in [0.15, 0.2) is 59.5 Å². The first kappa shape index (κ1) is 28.3. The Balaban J connectivity index is 1.26. The average molecular weight is 570 g/mol. The number of sulfonamides is 1. The Morgan fingerprint density at radius 1 is 1.05 bits per heavy atom. The maximum atomic E-state index is 13.5. The SMILES string of the molecule is COc1ccc(Cn2cc(CCCN[C@@H]3C[C@H]3c3ccc(F)cc3)nc(N3CCN(S(C)(=O)=O)CC3)c2=O)cc1. The van der Waals surface area contributed by atoms with Crippen LogP contribution < -0.4 is 20.5 Å². The standard InChI is InChI=1S/C29H36FN5O4S/c1-39-25-11-5-21(6-12-25)19-34-20-24(4-3-13-31-27-18-26(27)22-7-9-23(30)10-8-22)32-28(29(34)36)33-14-16-35(17-15-33)40(2,37)38/h5-12,20,26-27,31H,3-4,13-19H2,1-2H3/t26-,27+/m0/s1. The van der Waals surface area contributed by atoms with Gasteiger partial charge in [0.1, 0.15) is 11.6 Å². The van der Waals surface area contributed by atoms with Gasteiger partial charge in [0.2, 0.25) is 10.0 Å². The molecule has 1 aromatic heterocycles. The Hall–Kier alpha value is -3.28. The van der Waals surface area contributed by atoms with E-state index in [1.165, 1.54) is 22.7 Å². The molecule has 0 bridgehead atoms. The number of hydrogen-bond acceptors (Lipinski definition) is 7. The van der Waals surface area contributed by atoms with Crippen LogP contribution in [-0.2, 0) is 23.0 Å². The van der Waals surface area contributed by atoms with Crippen LogP contribution in [0, 0.1) is 5.82 Å². The minimum Gasteiger partial charge on any atom is -0.497 e. The van der Waals surface area contributed by atoms with E-state index in [9.17, 15) is 17.6 Å². The molecule has 0 amide bonds. The van der Waals surface area contributed by atoms with Crippen molar-refractivity contribution in [3.8, 4) is 5.75 Å². The van der Waals surface area contributed by atoms with E-state index in [2.05, 4.69) is 5.32 Å². The lowest BCUT2D eigenvalue weighted by Crippen LogP contribution is -2.50. The topological polar surface area (TPSA) is 96.8 Å². The Morgan fingerprint density at radius 2 is 1.75 bits per heavy atom. The lowest BCUT2D eigenvalue weighted by Gasteiger charge is -2.33. The monoisotopic (exact) mass is 569 g/mol. The number of anilines is 1. The highest BCUT2D eigenvalue weighted by Crippen LogP contribution is 2.40. The van der Waals surface area contributed by atoms with Gasteiger partial charge >= 0.3 is 0 Å². The number of nitrogens with zero attached hydrogens (tertiary/aromatic N) is 4. The summed E-state index contributed by atoms with van der Waals surface area (Å²) in [6.07, 6.45) is 5.63. The molecule has 9 nitrogen and oxygen atoms in total. The number of nitrogens with one attached hydrogen (secondary N) is 1. The van der Waals surface area contributed by atoms with Crippen LogP contribution in [0.25, 0.3) is 0 Å². The van der Waals surface area contributed by atoms with Crippen LogP contribution in [-0.4, -0.2) is 74.4 Å². The molecule has 2 aromatic carbocycles. The van der Waals surface area contributed by atoms with Crippen LogP contribution in [0.4, 0.5) is 10.2 Å². The van der Waals surface area contributed by atoms with Crippen molar-refractivity contribution in [2.45, 2.75) is 37.8 Å². The smallest absolute Gasteiger partial charge is 0.293 e. The van der Waals surface area contributed by atoms with Gasteiger partial charge in [-0.1, -0.05) is 24.3 Å². The van der Waals surface area contributed by atoms with E-state index >= 15 is 0 Å². The molecular formula is C29H36FN5O4S. The van der Waals surface area contributed by atoms with Gasteiger partial charge in [0, 0.05) is 44.3 Å². The van der Waals surface area contributed by atoms with Gasteiger partial charge in [-0.3, -0.25) is 4.79 Å². The number of rotatable bonds is 11. The molecule has 1 saturated heterocycles. The predicted molar refractivity (Wildman–Crippen MR) is 153 cm³/mol. The molecule has 0 spiro atoms. The molecule has 2 aliphatic rings. The second-order valence-electron chi connectivity index (χ2n) is 10.5. The van der Waals surface area contributed by atoms with E-state index in [1.807, 2.05) is 47.5 Å². The van der Waals surface area contributed by atoms with Gasteiger partial charge in [-0.15, -0.1) is 0 Å². The molecule has 2 heterocycles. The number of aromatic nitrogens is 2. The Labute approximate surface area is 234 Å². The minimum absolute atomic E-state index is 0.189. The summed E-state index contributed by atoms with van der Waals surface area (Å²) in [6, 6.07) is 14.7. The van der Waals surface area contributed by atoms with Gasteiger partial charge < -0.3 is 19.5 Å². The van der Waals surface area contributed by atoms with Gasteiger partial charge in [0.15, 0.2) is 5.82 Å². The number of piperazine rings is 1. The molecule has 5 rings (SSSR count). The largest absolute Gasteiger partial charge is 0.497 e. The second-order valence-corrected chi connectivity index (χ2v) is 12.5. The van der Waals surface area contributed by atoms with Crippen LogP contribution in [0.1, 0.15) is 35.6 Å². The fraction of sp³-hybridized carbons (Fsp3) is 0.448. The van der Waals surface area contributed by atoms with Gasteiger partial charge in [0.25, 0.3) is 5.56 Å². The van der Waals surface area contributed by atoms with Crippen LogP contribution in [0.3, 0.4) is 0 Å². The molecule has 11 heteroatoms. The summed E-state index contributed by atoms with van der Waals surface area (Å²) in [7, 11) is -1.66. The average Bonchev–Trinajstić information content (AvgIpc) is 3.72. The number of halogens is 1. The van der Waals surface area contributed by atoms with E-state index in [0.717, 1.165) is 42.0 Å². The van der Waals surface area contributed by atoms with Gasteiger partial charge in [-0.25, -0.2) is 17.8 Å². The zero-order chi connectivity index (χ0) is 28.3. The van der Waals surface area contributed by atoms with Crippen molar-refractivity contribution in [3.05, 3.63) is 87.7 Å². The van der Waals surface area contributed by atoms with E-state index < -0.39 is 10.0 Å². The van der Waals surface area contributed by atoms with E-state index in [-0.39, 0.29) is 11.4 Å². The highest BCUT2D eigenvalue weighted by Gasteiger charge is 2.37. The molecule has 0 radical (unpaired) electrons. The van der Waals surface area contributed by atoms with Crippen LogP contribution >= 0.6 is 0 Å². The highest BCUT2D eigenvalue weighted by molar-refractivity contribution is 7.88. The summed E-state index contributed by atoms with van der Waals surface area (Å²) >= 11 is 0. The first-order valence-corrected chi connectivity index (χ1v) is 15.5. The van der Waals surface area contributed by atoms with E-state index in [0.29, 0.717) is 56.9 Å². The summed E-state index contributed by atoms with van der Waals surface area (Å²) in [6.45, 7) is 2.68. The minimum atomic E-state index is -3.28. The van der Waals surface area contributed by atoms with Crippen molar-refractivity contribution in [1.29, 1.82) is 0 Å². The molecule has 2 atom stereocenters. The fourth-order valence-electron chi connectivity index (χ4n) is 5.24. The summed E-state index contributed by atoms with van der Waals surface area (Å²) in [5, 5.41) is 3.59. The number of methoxy groups -OCH3 is 1. The Morgan fingerprint density at radius 3 is 2.40 bits per heavy atom. The molecule has 0 unspecified atom stereocenters. The van der Waals surface area contributed by atoms with Gasteiger partial charge in [-0.05, 0) is 61.2 Å². The Bertz CT molecular complexity index is 1470. The fourth-order valence-corrected chi connectivity index (χ4v) is 6.07. The number of aryl methyl sites for hydroxylation is 1. The molecule has 1 aliphatic carbocycles. The third kappa shape index (κ3) is 6.89. The zero-order valence-corrected chi connectivity index (χ0v) is 23.7. The molecule has 2 fully saturated rings. The maximum Gasteiger partial charge on any atom is 0.293 e. The molecule has 1 saturated carbocycles. The van der Waals surface area contributed by atoms with Crippen molar-refractivity contribution in [3.63, 3.8) is 0 Å². The van der Waals surface area contributed by atoms with Crippen molar-refractivity contribution >= 4 is 15.8 Å². The first-order valence-electron chi connectivity index (χ1n) is 13.6. The maximum absolute atomic E-state index is 13.5. The van der Waals surface area contributed by atoms with Crippen LogP contribution in [0.5, 0.6) is 5.75 Å². The van der Waals surface area contributed by atoms with Crippen molar-refractivity contribution in [2.75, 3.05) is 51.0 Å². The molecule has 40 heavy (non-hydrogen) atoms. The predicted octanol–water partition coefficient (Wildman–Crippen LogP) is 2.60. The van der Waals surface area contributed by atoms with E-state index in [4.69, 9.17) is 9.72 Å². The lowest BCUT2D eigenvalue weighted by molar-refractivity contribution is 0.386.